The predicted octanol–water partition coefficient (Wildman–Crippen LogP) is 0.696. The topological polar surface area (TPSA) is 75.8 Å². The number of aliphatic imine (C=N–C) groups is 1. The molecule has 7 heteroatoms. The van der Waals surface area contributed by atoms with Gasteiger partial charge in [-0.3, -0.25) is 4.99 Å². The van der Waals surface area contributed by atoms with Crippen LogP contribution in [0.5, 0.6) is 0 Å². The maximum Gasteiger partial charge on any atom is 0.191 e. The monoisotopic (exact) mass is 363 g/mol. The second-order valence-electron chi connectivity index (χ2n) is 3.15. The molecule has 5 nitrogen and oxygen atoms in total. The van der Waals surface area contributed by atoms with Crippen molar-refractivity contribution in [2.24, 2.45) is 10.7 Å². The first-order valence-electron chi connectivity index (χ1n) is 5.22. The molecule has 0 saturated carbocycles. The number of halogens is 1. The molecule has 0 rings (SSSR count). The molecule has 0 aromatic heterocycles. The van der Waals surface area contributed by atoms with Gasteiger partial charge < -0.3 is 10.6 Å². The minimum atomic E-state index is -2.94. The Labute approximate surface area is 115 Å². The summed E-state index contributed by atoms with van der Waals surface area (Å²) in [5.74, 6) is 0.658. The lowest BCUT2D eigenvalue weighted by molar-refractivity contribution is 0.458. The highest BCUT2D eigenvalue weighted by molar-refractivity contribution is 14.0. The lowest BCUT2D eigenvalue weighted by Crippen LogP contribution is -2.37. The normalized spacial score (nSPS) is 12.1. The van der Waals surface area contributed by atoms with E-state index in [4.69, 9.17) is 5.73 Å². The summed E-state index contributed by atoms with van der Waals surface area (Å²) in [7, 11) is -2.94. The molecular formula is C9H22IN3O2S. The van der Waals surface area contributed by atoms with E-state index in [-0.39, 0.29) is 42.0 Å². The Kier molecular flexibility index (Phi) is 10.3. The quantitative estimate of drug-likeness (QED) is 0.428. The van der Waals surface area contributed by atoms with E-state index in [1.807, 2.05) is 18.7 Å². The maximum absolute atomic E-state index is 11.2. The number of guanidine groups is 1. The Hall–Kier alpha value is -0.0500. The third kappa shape index (κ3) is 7.26. The van der Waals surface area contributed by atoms with Gasteiger partial charge in [-0.15, -0.1) is 24.0 Å². The molecule has 0 aliphatic rings. The zero-order chi connectivity index (χ0) is 11.9. The van der Waals surface area contributed by atoms with Crippen molar-refractivity contribution in [1.29, 1.82) is 0 Å². The smallest absolute Gasteiger partial charge is 0.191 e. The summed E-state index contributed by atoms with van der Waals surface area (Å²) in [5, 5.41) is 0. The highest BCUT2D eigenvalue weighted by Crippen LogP contribution is 1.91. The van der Waals surface area contributed by atoms with Crippen LogP contribution in [0.3, 0.4) is 0 Å². The second kappa shape index (κ2) is 9.03. The van der Waals surface area contributed by atoms with E-state index >= 15 is 0 Å². The molecule has 0 atom stereocenters. The number of hydrogen-bond acceptors (Lipinski definition) is 3. The van der Waals surface area contributed by atoms with E-state index in [1.54, 1.807) is 6.92 Å². The average Bonchev–Trinajstić information content (AvgIpc) is 2.19. The first kappa shape index (κ1) is 18.3. The summed E-state index contributed by atoms with van der Waals surface area (Å²) in [6, 6.07) is 0. The second-order valence-corrected chi connectivity index (χ2v) is 5.62. The van der Waals surface area contributed by atoms with Gasteiger partial charge in [-0.25, -0.2) is 8.42 Å². The van der Waals surface area contributed by atoms with Crippen LogP contribution in [0, 0.1) is 0 Å². The van der Waals surface area contributed by atoms with Gasteiger partial charge in [0.15, 0.2) is 15.8 Å². The Morgan fingerprint density at radius 2 is 1.75 bits per heavy atom. The van der Waals surface area contributed by atoms with E-state index in [9.17, 15) is 8.42 Å². The fourth-order valence-corrected chi connectivity index (χ4v) is 1.75. The standard InChI is InChI=1S/C9H21N3O2S.HI/c1-4-12(5-2)9(10)11-7-8-15(13,14)6-3;/h4-8H2,1-3H3,(H2,10,11);1H. The number of rotatable bonds is 6. The Morgan fingerprint density at radius 3 is 2.12 bits per heavy atom. The molecular weight excluding hydrogens is 341 g/mol. The van der Waals surface area contributed by atoms with E-state index in [1.165, 1.54) is 0 Å². The Bertz CT molecular complexity index is 300. The molecule has 0 unspecified atom stereocenters. The van der Waals surface area contributed by atoms with Crippen molar-refractivity contribution in [3.8, 4) is 0 Å². The average molecular weight is 363 g/mol. The molecule has 98 valence electrons. The number of nitrogens with zero attached hydrogens (tertiary/aromatic N) is 2. The molecule has 16 heavy (non-hydrogen) atoms. The van der Waals surface area contributed by atoms with Crippen LogP contribution in [0.15, 0.2) is 4.99 Å². The van der Waals surface area contributed by atoms with Crippen molar-refractivity contribution in [1.82, 2.24) is 4.90 Å². The first-order chi connectivity index (χ1) is 6.96. The molecule has 0 aromatic carbocycles. The van der Waals surface area contributed by atoms with Gasteiger partial charge >= 0.3 is 0 Å². The summed E-state index contributed by atoms with van der Waals surface area (Å²) in [6.45, 7) is 7.41. The van der Waals surface area contributed by atoms with E-state index in [0.717, 1.165) is 13.1 Å². The molecule has 0 spiro atoms. The third-order valence-corrected chi connectivity index (χ3v) is 3.89. The van der Waals surface area contributed by atoms with Crippen molar-refractivity contribution < 1.29 is 8.42 Å². The van der Waals surface area contributed by atoms with Crippen LogP contribution in [0.2, 0.25) is 0 Å². The van der Waals surface area contributed by atoms with Gasteiger partial charge in [-0.05, 0) is 13.8 Å². The highest BCUT2D eigenvalue weighted by atomic mass is 127. The van der Waals surface area contributed by atoms with Gasteiger partial charge in [-0.1, -0.05) is 6.92 Å². The lowest BCUT2D eigenvalue weighted by atomic mass is 10.5. The molecule has 0 aliphatic carbocycles. The van der Waals surface area contributed by atoms with Crippen LogP contribution >= 0.6 is 24.0 Å². The van der Waals surface area contributed by atoms with Crippen LogP contribution in [0.4, 0.5) is 0 Å². The molecule has 0 radical (unpaired) electrons. The summed E-state index contributed by atoms with van der Waals surface area (Å²) in [4.78, 5) is 5.93. The van der Waals surface area contributed by atoms with Gasteiger partial charge in [0.2, 0.25) is 0 Å². The molecule has 0 saturated heterocycles. The molecule has 0 aliphatic heterocycles. The SMILES string of the molecule is CCN(CC)C(N)=NCCS(=O)(=O)CC.I. The molecule has 0 fully saturated rings. The van der Waals surface area contributed by atoms with Crippen molar-refractivity contribution in [3.05, 3.63) is 0 Å². The van der Waals surface area contributed by atoms with Gasteiger partial charge in [0.25, 0.3) is 0 Å². The number of hydrogen-bond donors (Lipinski definition) is 1. The highest BCUT2D eigenvalue weighted by Gasteiger charge is 2.07. The zero-order valence-electron chi connectivity index (χ0n) is 10.1. The van der Waals surface area contributed by atoms with Gasteiger partial charge in [0, 0.05) is 18.8 Å². The van der Waals surface area contributed by atoms with Crippen molar-refractivity contribution in [2.45, 2.75) is 20.8 Å². The molecule has 2 N–H and O–H groups in total. The lowest BCUT2D eigenvalue weighted by Gasteiger charge is -2.19. The zero-order valence-corrected chi connectivity index (χ0v) is 13.3. The molecule has 0 aromatic rings. The maximum atomic E-state index is 11.2. The van der Waals surface area contributed by atoms with E-state index in [2.05, 4.69) is 4.99 Å². The van der Waals surface area contributed by atoms with Crippen molar-refractivity contribution in [3.63, 3.8) is 0 Å². The Morgan fingerprint density at radius 1 is 1.25 bits per heavy atom. The van der Waals surface area contributed by atoms with Crippen molar-refractivity contribution in [2.75, 3.05) is 31.1 Å². The van der Waals surface area contributed by atoms with E-state index < -0.39 is 9.84 Å². The summed E-state index contributed by atoms with van der Waals surface area (Å²) in [6.07, 6.45) is 0. The molecule has 0 heterocycles. The minimum Gasteiger partial charge on any atom is -0.370 e. The summed E-state index contributed by atoms with van der Waals surface area (Å²) in [5.41, 5.74) is 5.69. The molecule has 0 bridgehead atoms. The van der Waals surface area contributed by atoms with Crippen LogP contribution < -0.4 is 5.73 Å². The van der Waals surface area contributed by atoms with Gasteiger partial charge in [0.05, 0.1) is 12.3 Å². The van der Waals surface area contributed by atoms with Crippen LogP contribution in [0.25, 0.3) is 0 Å². The predicted molar refractivity (Wildman–Crippen MR) is 79.2 cm³/mol. The summed E-state index contributed by atoms with van der Waals surface area (Å²) >= 11 is 0. The van der Waals surface area contributed by atoms with Crippen LogP contribution in [0.1, 0.15) is 20.8 Å². The minimum absolute atomic E-state index is 0. The molecule has 0 amide bonds. The number of sulfone groups is 1. The van der Waals surface area contributed by atoms with Crippen LogP contribution in [-0.4, -0.2) is 50.4 Å². The van der Waals surface area contributed by atoms with Gasteiger partial charge in [0.1, 0.15) is 0 Å². The fourth-order valence-electron chi connectivity index (χ4n) is 1.09. The van der Waals surface area contributed by atoms with Crippen LogP contribution in [-0.2, 0) is 9.84 Å². The van der Waals surface area contributed by atoms with Gasteiger partial charge in [-0.2, -0.15) is 0 Å². The fraction of sp³-hybridized carbons (Fsp3) is 0.889. The van der Waals surface area contributed by atoms with Crippen molar-refractivity contribution >= 4 is 39.8 Å². The largest absolute Gasteiger partial charge is 0.370 e. The number of nitrogens with two attached hydrogens (primary N) is 1. The third-order valence-electron chi connectivity index (χ3n) is 2.20. The Balaban J connectivity index is 0. The first-order valence-corrected chi connectivity index (χ1v) is 7.04. The summed E-state index contributed by atoms with van der Waals surface area (Å²) < 4.78 is 22.3. The van der Waals surface area contributed by atoms with E-state index in [0.29, 0.717) is 5.96 Å².